The number of hydrogen-bond acceptors (Lipinski definition) is 6. The highest BCUT2D eigenvalue weighted by Crippen LogP contribution is 2.66. The summed E-state index contributed by atoms with van der Waals surface area (Å²) in [6.07, 6.45) is 1.97. The van der Waals surface area contributed by atoms with Crippen molar-refractivity contribution in [3.63, 3.8) is 0 Å². The SMILES string of the molecule is COc1ccc(C(=O)NCc2nnc(SC3C(=O)C4(C)CCC3C4(C)C)n2-c2cccc(Cl)c2)cc1. The summed E-state index contributed by atoms with van der Waals surface area (Å²) in [5, 5.41) is 12.8. The monoisotopic (exact) mass is 524 g/mol. The van der Waals surface area contributed by atoms with Gasteiger partial charge in [-0.15, -0.1) is 10.2 Å². The van der Waals surface area contributed by atoms with Crippen LogP contribution in [0.25, 0.3) is 5.69 Å². The molecule has 7 nitrogen and oxygen atoms in total. The number of rotatable bonds is 7. The highest BCUT2D eigenvalue weighted by molar-refractivity contribution is 8.00. The first-order valence-corrected chi connectivity index (χ1v) is 13.2. The summed E-state index contributed by atoms with van der Waals surface area (Å²) >= 11 is 7.78. The van der Waals surface area contributed by atoms with Gasteiger partial charge in [0.05, 0.1) is 24.6 Å². The van der Waals surface area contributed by atoms with E-state index in [1.807, 2.05) is 22.8 Å². The first-order valence-electron chi connectivity index (χ1n) is 12.0. The van der Waals surface area contributed by atoms with Gasteiger partial charge in [-0.05, 0) is 66.6 Å². The fourth-order valence-electron chi connectivity index (χ4n) is 5.62. The van der Waals surface area contributed by atoms with E-state index in [2.05, 4.69) is 36.3 Å². The van der Waals surface area contributed by atoms with Crippen LogP contribution in [0.1, 0.15) is 49.8 Å². The fraction of sp³-hybridized carbons (Fsp3) is 0.407. The smallest absolute Gasteiger partial charge is 0.251 e. The third-order valence-electron chi connectivity index (χ3n) is 8.23. The zero-order chi connectivity index (χ0) is 25.7. The van der Waals surface area contributed by atoms with Crippen molar-refractivity contribution in [1.82, 2.24) is 20.1 Å². The third kappa shape index (κ3) is 4.00. The largest absolute Gasteiger partial charge is 0.497 e. The summed E-state index contributed by atoms with van der Waals surface area (Å²) in [5.74, 6) is 1.58. The molecule has 0 radical (unpaired) electrons. The van der Waals surface area contributed by atoms with Crippen LogP contribution < -0.4 is 10.1 Å². The topological polar surface area (TPSA) is 86.1 Å². The van der Waals surface area contributed by atoms with Crippen LogP contribution in [0, 0.1) is 16.7 Å². The number of ketones is 1. The number of halogens is 1. The number of carbonyl (C=O) groups excluding carboxylic acids is 2. The molecule has 188 valence electrons. The van der Waals surface area contributed by atoms with Crippen LogP contribution in [0.5, 0.6) is 5.75 Å². The number of nitrogens with one attached hydrogen (secondary N) is 1. The molecule has 2 saturated carbocycles. The van der Waals surface area contributed by atoms with Crippen molar-refractivity contribution in [3.05, 3.63) is 64.9 Å². The number of nitrogens with zero attached hydrogens (tertiary/aromatic N) is 3. The maximum Gasteiger partial charge on any atom is 0.251 e. The van der Waals surface area contributed by atoms with E-state index in [0.717, 1.165) is 18.5 Å². The molecule has 1 amide bonds. The Hall–Kier alpha value is -2.84. The molecule has 36 heavy (non-hydrogen) atoms. The Bertz CT molecular complexity index is 1320. The third-order valence-corrected chi connectivity index (χ3v) is 9.74. The zero-order valence-corrected chi connectivity index (χ0v) is 22.3. The average Bonchev–Trinajstić information content (AvgIpc) is 3.41. The Morgan fingerprint density at radius 3 is 2.58 bits per heavy atom. The van der Waals surface area contributed by atoms with Gasteiger partial charge in [0.1, 0.15) is 5.75 Å². The number of Topliss-reactive ketones (excluding diaryl/α,β-unsaturated/α-hetero) is 1. The normalized spacial score (nSPS) is 24.2. The van der Waals surface area contributed by atoms with E-state index < -0.39 is 0 Å². The molecule has 2 aliphatic carbocycles. The van der Waals surface area contributed by atoms with Gasteiger partial charge >= 0.3 is 0 Å². The second-order valence-electron chi connectivity index (χ2n) is 10.2. The van der Waals surface area contributed by atoms with Crippen molar-refractivity contribution in [1.29, 1.82) is 0 Å². The van der Waals surface area contributed by atoms with Gasteiger partial charge in [-0.25, -0.2) is 0 Å². The summed E-state index contributed by atoms with van der Waals surface area (Å²) in [6.45, 7) is 6.70. The minimum absolute atomic E-state index is 0.0577. The number of ether oxygens (including phenoxy) is 1. The summed E-state index contributed by atoms with van der Waals surface area (Å²) < 4.78 is 7.05. The van der Waals surface area contributed by atoms with Gasteiger partial charge in [0.15, 0.2) is 16.8 Å². The number of hydrogen-bond donors (Lipinski definition) is 1. The van der Waals surface area contributed by atoms with Crippen LogP contribution in [-0.2, 0) is 11.3 Å². The lowest BCUT2D eigenvalue weighted by Crippen LogP contribution is -2.34. The van der Waals surface area contributed by atoms with Crippen molar-refractivity contribution in [2.75, 3.05) is 7.11 Å². The number of amides is 1. The predicted octanol–water partition coefficient (Wildman–Crippen LogP) is 5.35. The molecule has 3 unspecified atom stereocenters. The van der Waals surface area contributed by atoms with Gasteiger partial charge in [-0.2, -0.15) is 0 Å². The van der Waals surface area contributed by atoms with Crippen LogP contribution in [-0.4, -0.2) is 38.8 Å². The molecule has 1 N–H and O–H groups in total. The lowest BCUT2D eigenvalue weighted by molar-refractivity contribution is -0.127. The van der Waals surface area contributed by atoms with E-state index >= 15 is 0 Å². The molecule has 3 aromatic rings. The summed E-state index contributed by atoms with van der Waals surface area (Å²) in [5.41, 5.74) is 0.926. The highest BCUT2D eigenvalue weighted by Gasteiger charge is 2.66. The van der Waals surface area contributed by atoms with Gasteiger partial charge in [0, 0.05) is 16.0 Å². The maximum atomic E-state index is 13.5. The molecule has 9 heteroatoms. The molecular formula is C27H29ClN4O3S. The quantitative estimate of drug-likeness (QED) is 0.448. The summed E-state index contributed by atoms with van der Waals surface area (Å²) in [4.78, 5) is 26.2. The Morgan fingerprint density at radius 2 is 1.94 bits per heavy atom. The van der Waals surface area contributed by atoms with Crippen LogP contribution in [0.2, 0.25) is 5.02 Å². The molecular weight excluding hydrogens is 496 g/mol. The van der Waals surface area contributed by atoms with Gasteiger partial charge in [0.25, 0.3) is 5.91 Å². The summed E-state index contributed by atoms with van der Waals surface area (Å²) in [7, 11) is 1.58. The standard InChI is InChI=1S/C27H29ClN4O3S/c1-26(2)20-12-13-27(26,3)23(33)22(20)36-25-31-30-21(32(25)18-7-5-6-17(28)14-18)15-29-24(34)16-8-10-19(35-4)11-9-16/h5-11,14,20,22H,12-13,15H2,1-4H3,(H,29,34). The Kier molecular flexibility index (Phi) is 6.37. The first kappa shape index (κ1) is 24.8. The minimum Gasteiger partial charge on any atom is -0.497 e. The van der Waals surface area contributed by atoms with E-state index in [0.29, 0.717) is 33.1 Å². The highest BCUT2D eigenvalue weighted by atomic mass is 35.5. The number of thioether (sulfide) groups is 1. The molecule has 3 atom stereocenters. The number of aromatic nitrogens is 3. The molecule has 2 aliphatic rings. The Balaban J connectivity index is 1.43. The molecule has 0 saturated heterocycles. The van der Waals surface area contributed by atoms with Gasteiger partial charge in [-0.1, -0.05) is 50.2 Å². The molecule has 0 spiro atoms. The molecule has 0 aliphatic heterocycles. The van der Waals surface area contributed by atoms with Gasteiger partial charge in [-0.3, -0.25) is 14.2 Å². The van der Waals surface area contributed by atoms with E-state index in [1.54, 1.807) is 37.4 Å². The molecule has 1 heterocycles. The molecule has 2 bridgehead atoms. The zero-order valence-electron chi connectivity index (χ0n) is 20.7. The van der Waals surface area contributed by atoms with Crippen molar-refractivity contribution >= 4 is 35.1 Å². The lowest BCUT2D eigenvalue weighted by Gasteiger charge is -2.32. The van der Waals surface area contributed by atoms with Crippen LogP contribution in [0.15, 0.2) is 53.7 Å². The second-order valence-corrected chi connectivity index (χ2v) is 11.8. The number of benzene rings is 2. The predicted molar refractivity (Wildman–Crippen MR) is 140 cm³/mol. The van der Waals surface area contributed by atoms with E-state index in [9.17, 15) is 9.59 Å². The summed E-state index contributed by atoms with van der Waals surface area (Å²) in [6, 6.07) is 14.3. The Labute approximate surface area is 220 Å². The van der Waals surface area contributed by atoms with Crippen LogP contribution in [0.3, 0.4) is 0 Å². The minimum atomic E-state index is -0.314. The van der Waals surface area contributed by atoms with Crippen LogP contribution >= 0.6 is 23.4 Å². The number of fused-ring (bicyclic) bond motifs is 2. The average molecular weight is 525 g/mol. The van der Waals surface area contributed by atoms with Gasteiger partial charge < -0.3 is 10.1 Å². The first-order chi connectivity index (χ1) is 17.2. The van der Waals surface area contributed by atoms with Crippen LogP contribution in [0.4, 0.5) is 0 Å². The number of methoxy groups -OCH3 is 1. The van der Waals surface area contributed by atoms with Crippen molar-refractivity contribution in [2.24, 2.45) is 16.7 Å². The van der Waals surface area contributed by atoms with E-state index in [1.165, 1.54) is 11.8 Å². The molecule has 2 aromatic carbocycles. The van der Waals surface area contributed by atoms with Gasteiger partial charge in [0.2, 0.25) is 0 Å². The van der Waals surface area contributed by atoms with E-state index in [4.69, 9.17) is 16.3 Å². The maximum absolute atomic E-state index is 13.5. The molecule has 5 rings (SSSR count). The van der Waals surface area contributed by atoms with Crippen molar-refractivity contribution in [2.45, 2.75) is 50.6 Å². The van der Waals surface area contributed by atoms with Crippen molar-refractivity contribution in [3.8, 4) is 11.4 Å². The van der Waals surface area contributed by atoms with E-state index in [-0.39, 0.29) is 34.4 Å². The fourth-order valence-corrected chi connectivity index (χ4v) is 7.45. The lowest BCUT2D eigenvalue weighted by atomic mass is 9.70. The number of carbonyl (C=O) groups is 2. The Morgan fingerprint density at radius 1 is 1.19 bits per heavy atom. The van der Waals surface area contributed by atoms with Crippen molar-refractivity contribution < 1.29 is 14.3 Å². The molecule has 1 aromatic heterocycles. The molecule has 2 fully saturated rings. The second kappa shape index (κ2) is 9.23.